The maximum Gasteiger partial charge on any atom is 0.258 e. The van der Waals surface area contributed by atoms with E-state index in [4.69, 9.17) is 9.47 Å². The summed E-state index contributed by atoms with van der Waals surface area (Å²) in [4.78, 5) is 14.8. The number of methoxy groups -OCH3 is 1. The number of para-hydroxylation sites is 2. The van der Waals surface area contributed by atoms with Gasteiger partial charge in [-0.05, 0) is 50.3 Å². The molecule has 5 nitrogen and oxygen atoms in total. The average Bonchev–Trinajstić information content (AvgIpc) is 2.67. The van der Waals surface area contributed by atoms with Crippen molar-refractivity contribution in [1.82, 2.24) is 10.2 Å². The molecule has 2 fully saturated rings. The van der Waals surface area contributed by atoms with E-state index in [2.05, 4.69) is 10.2 Å². The van der Waals surface area contributed by atoms with Crippen molar-refractivity contribution in [2.45, 2.75) is 51.0 Å². The van der Waals surface area contributed by atoms with Crippen LogP contribution in [0.1, 0.15) is 44.9 Å². The van der Waals surface area contributed by atoms with Crippen LogP contribution in [0.2, 0.25) is 0 Å². The third-order valence-electron chi connectivity index (χ3n) is 5.54. The van der Waals surface area contributed by atoms with Crippen LogP contribution in [-0.4, -0.2) is 50.2 Å². The number of nitrogens with zero attached hydrogens (tertiary/aromatic N) is 1. The van der Waals surface area contributed by atoms with Crippen molar-refractivity contribution in [2.24, 2.45) is 5.92 Å². The monoisotopic (exact) mass is 360 g/mol. The SMILES string of the molecule is COc1ccccc1OCC(=O)NC1CCCN(CC2CCCCC2)C1. The number of benzene rings is 1. The van der Waals surface area contributed by atoms with Crippen LogP contribution in [0.25, 0.3) is 0 Å². The Morgan fingerprint density at radius 3 is 2.65 bits per heavy atom. The zero-order chi connectivity index (χ0) is 18.2. The molecule has 1 N–H and O–H groups in total. The fraction of sp³-hybridized carbons (Fsp3) is 0.667. The summed E-state index contributed by atoms with van der Waals surface area (Å²) in [7, 11) is 1.60. The number of likely N-dealkylation sites (tertiary alicyclic amines) is 1. The molecule has 3 rings (SSSR count). The highest BCUT2D eigenvalue weighted by Gasteiger charge is 2.24. The van der Waals surface area contributed by atoms with Gasteiger partial charge in [-0.15, -0.1) is 0 Å². The summed E-state index contributed by atoms with van der Waals surface area (Å²) in [6.07, 6.45) is 9.15. The van der Waals surface area contributed by atoms with E-state index in [1.807, 2.05) is 24.3 Å². The number of amides is 1. The molecule has 1 amide bonds. The van der Waals surface area contributed by atoms with E-state index in [9.17, 15) is 4.79 Å². The summed E-state index contributed by atoms with van der Waals surface area (Å²) in [5, 5.41) is 3.15. The molecule has 1 saturated heterocycles. The molecular formula is C21H32N2O3. The van der Waals surface area contributed by atoms with E-state index < -0.39 is 0 Å². The first-order valence-corrected chi connectivity index (χ1v) is 10.0. The van der Waals surface area contributed by atoms with E-state index in [1.54, 1.807) is 7.11 Å². The Morgan fingerprint density at radius 2 is 1.88 bits per heavy atom. The number of nitrogens with one attached hydrogen (secondary N) is 1. The Labute approximate surface area is 157 Å². The van der Waals surface area contributed by atoms with Gasteiger partial charge in [0.15, 0.2) is 18.1 Å². The first-order valence-electron chi connectivity index (χ1n) is 10.0. The number of rotatable bonds is 7. The summed E-state index contributed by atoms with van der Waals surface area (Å²) in [5.74, 6) is 2.05. The lowest BCUT2D eigenvalue weighted by Crippen LogP contribution is -2.49. The minimum absolute atomic E-state index is 0.0273. The second-order valence-electron chi connectivity index (χ2n) is 7.61. The van der Waals surface area contributed by atoms with E-state index in [0.29, 0.717) is 11.5 Å². The Balaban J connectivity index is 1.42. The van der Waals surface area contributed by atoms with Crippen molar-refractivity contribution in [3.63, 3.8) is 0 Å². The maximum atomic E-state index is 12.3. The fourth-order valence-corrected chi connectivity index (χ4v) is 4.22. The van der Waals surface area contributed by atoms with Crippen molar-refractivity contribution in [3.05, 3.63) is 24.3 Å². The maximum absolute atomic E-state index is 12.3. The van der Waals surface area contributed by atoms with Gasteiger partial charge < -0.3 is 19.7 Å². The van der Waals surface area contributed by atoms with Gasteiger partial charge in [0, 0.05) is 19.1 Å². The van der Waals surface area contributed by atoms with Gasteiger partial charge in [0.2, 0.25) is 0 Å². The molecule has 1 unspecified atom stereocenters. The fourth-order valence-electron chi connectivity index (χ4n) is 4.22. The highest BCUT2D eigenvalue weighted by molar-refractivity contribution is 5.78. The van der Waals surface area contributed by atoms with Crippen molar-refractivity contribution < 1.29 is 14.3 Å². The van der Waals surface area contributed by atoms with Crippen molar-refractivity contribution in [3.8, 4) is 11.5 Å². The van der Waals surface area contributed by atoms with Crippen LogP contribution < -0.4 is 14.8 Å². The zero-order valence-electron chi connectivity index (χ0n) is 15.9. The highest BCUT2D eigenvalue weighted by atomic mass is 16.5. The second kappa shape index (κ2) is 9.81. The molecule has 2 aliphatic rings. The lowest BCUT2D eigenvalue weighted by atomic mass is 9.88. The molecule has 0 bridgehead atoms. The lowest BCUT2D eigenvalue weighted by Gasteiger charge is -2.36. The van der Waals surface area contributed by atoms with Gasteiger partial charge in [-0.2, -0.15) is 0 Å². The Morgan fingerprint density at radius 1 is 1.12 bits per heavy atom. The zero-order valence-corrected chi connectivity index (χ0v) is 15.9. The first kappa shape index (κ1) is 19.0. The molecule has 1 aliphatic heterocycles. The number of carbonyl (C=O) groups is 1. The van der Waals surface area contributed by atoms with Gasteiger partial charge in [0.05, 0.1) is 7.11 Å². The number of carbonyl (C=O) groups excluding carboxylic acids is 1. The van der Waals surface area contributed by atoms with Gasteiger partial charge in [-0.3, -0.25) is 4.79 Å². The number of piperidine rings is 1. The minimum atomic E-state index is -0.0552. The second-order valence-corrected chi connectivity index (χ2v) is 7.61. The first-order chi connectivity index (χ1) is 12.7. The minimum Gasteiger partial charge on any atom is -0.493 e. The van der Waals surface area contributed by atoms with E-state index in [-0.39, 0.29) is 18.6 Å². The van der Waals surface area contributed by atoms with E-state index in [0.717, 1.165) is 25.3 Å². The molecular weight excluding hydrogens is 328 g/mol. The molecule has 1 aromatic rings. The quantitative estimate of drug-likeness (QED) is 0.811. The van der Waals surface area contributed by atoms with Crippen LogP contribution in [0.4, 0.5) is 0 Å². The van der Waals surface area contributed by atoms with Crippen LogP contribution in [0.15, 0.2) is 24.3 Å². The average molecular weight is 360 g/mol. The van der Waals surface area contributed by atoms with Gasteiger partial charge >= 0.3 is 0 Å². The molecule has 26 heavy (non-hydrogen) atoms. The predicted molar refractivity (Wildman–Crippen MR) is 103 cm³/mol. The molecule has 1 aliphatic carbocycles. The smallest absolute Gasteiger partial charge is 0.258 e. The molecule has 0 radical (unpaired) electrons. The molecule has 144 valence electrons. The van der Waals surface area contributed by atoms with Crippen LogP contribution in [0.3, 0.4) is 0 Å². The van der Waals surface area contributed by atoms with Crippen LogP contribution in [0.5, 0.6) is 11.5 Å². The highest BCUT2D eigenvalue weighted by Crippen LogP contribution is 2.26. The van der Waals surface area contributed by atoms with Crippen molar-refractivity contribution >= 4 is 5.91 Å². The largest absolute Gasteiger partial charge is 0.493 e. The number of hydrogen-bond donors (Lipinski definition) is 1. The summed E-state index contributed by atoms with van der Waals surface area (Å²) in [6.45, 7) is 3.36. The Bertz CT molecular complexity index is 572. The molecule has 1 saturated carbocycles. The molecule has 1 aromatic carbocycles. The Kier molecular flexibility index (Phi) is 7.18. The van der Waals surface area contributed by atoms with Crippen molar-refractivity contribution in [1.29, 1.82) is 0 Å². The molecule has 1 atom stereocenters. The number of ether oxygens (including phenoxy) is 2. The molecule has 0 aromatic heterocycles. The third-order valence-corrected chi connectivity index (χ3v) is 5.54. The van der Waals surface area contributed by atoms with E-state index >= 15 is 0 Å². The normalized spacial score (nSPS) is 22.0. The van der Waals surface area contributed by atoms with Crippen LogP contribution in [-0.2, 0) is 4.79 Å². The summed E-state index contributed by atoms with van der Waals surface area (Å²) >= 11 is 0. The van der Waals surface area contributed by atoms with Crippen LogP contribution in [0, 0.1) is 5.92 Å². The topological polar surface area (TPSA) is 50.8 Å². The summed E-state index contributed by atoms with van der Waals surface area (Å²) in [5.41, 5.74) is 0. The summed E-state index contributed by atoms with van der Waals surface area (Å²) in [6, 6.07) is 7.64. The summed E-state index contributed by atoms with van der Waals surface area (Å²) < 4.78 is 10.9. The van der Waals surface area contributed by atoms with Crippen molar-refractivity contribution in [2.75, 3.05) is 33.4 Å². The van der Waals surface area contributed by atoms with Gasteiger partial charge in [-0.25, -0.2) is 0 Å². The standard InChI is InChI=1S/C21H32N2O3/c1-25-19-11-5-6-12-20(19)26-16-21(24)22-18-10-7-13-23(15-18)14-17-8-3-2-4-9-17/h5-6,11-12,17-18H,2-4,7-10,13-16H2,1H3,(H,22,24). The molecule has 5 heteroatoms. The van der Waals surface area contributed by atoms with E-state index in [1.165, 1.54) is 45.2 Å². The van der Waals surface area contributed by atoms with Gasteiger partial charge in [0.1, 0.15) is 0 Å². The molecule has 1 heterocycles. The van der Waals surface area contributed by atoms with Gasteiger partial charge in [0.25, 0.3) is 5.91 Å². The number of hydrogen-bond acceptors (Lipinski definition) is 4. The molecule has 0 spiro atoms. The van der Waals surface area contributed by atoms with Gasteiger partial charge in [-0.1, -0.05) is 31.4 Å². The lowest BCUT2D eigenvalue weighted by molar-refractivity contribution is -0.124. The predicted octanol–water partition coefficient (Wildman–Crippen LogP) is 3.23. The third kappa shape index (κ3) is 5.63. The Hall–Kier alpha value is -1.75. The van der Waals surface area contributed by atoms with Crippen LogP contribution >= 0.6 is 0 Å².